The van der Waals surface area contributed by atoms with Gasteiger partial charge < -0.3 is 5.32 Å². The van der Waals surface area contributed by atoms with Crippen LogP contribution < -0.4 is 5.32 Å². The van der Waals surface area contributed by atoms with Crippen molar-refractivity contribution >= 4 is 40.2 Å². The summed E-state index contributed by atoms with van der Waals surface area (Å²) in [7, 11) is 0. The largest absolute Gasteiger partial charge is 0.375 e. The van der Waals surface area contributed by atoms with Crippen molar-refractivity contribution in [2.24, 2.45) is 0 Å². The minimum Gasteiger partial charge on any atom is -0.375 e. The molecule has 96 valence electrons. The van der Waals surface area contributed by atoms with Gasteiger partial charge in [0.15, 0.2) is 10.3 Å². The van der Waals surface area contributed by atoms with E-state index in [2.05, 4.69) is 20.5 Å². The van der Waals surface area contributed by atoms with Gasteiger partial charge in [-0.05, 0) is 20.8 Å². The molecular weight excluding hydrogens is 291 g/mol. The van der Waals surface area contributed by atoms with Gasteiger partial charge in [-0.1, -0.05) is 23.2 Å². The van der Waals surface area contributed by atoms with Gasteiger partial charge in [-0.3, -0.25) is 0 Å². The molecule has 1 N–H and O–H groups in total. The number of aryl methyl sites for hydroxylation is 2. The number of nitrogens with one attached hydrogen (secondary N) is 1. The van der Waals surface area contributed by atoms with Crippen LogP contribution in [0.1, 0.15) is 28.5 Å². The lowest BCUT2D eigenvalue weighted by Gasteiger charge is -2.14. The average Bonchev–Trinajstić information content (AvgIpc) is 2.63. The summed E-state index contributed by atoms with van der Waals surface area (Å²) in [6.07, 6.45) is 0. The van der Waals surface area contributed by atoms with E-state index >= 15 is 0 Å². The molecule has 2 aromatic rings. The third-order valence-electron chi connectivity index (χ3n) is 2.42. The minimum absolute atomic E-state index is 0.0916. The molecule has 1 atom stereocenters. The average molecular weight is 303 g/mol. The third-order valence-corrected chi connectivity index (χ3v) is 4.14. The van der Waals surface area contributed by atoms with Gasteiger partial charge in [-0.15, -0.1) is 21.5 Å². The summed E-state index contributed by atoms with van der Waals surface area (Å²) in [6, 6.07) is 1.75. The molecule has 4 nitrogen and oxygen atoms in total. The van der Waals surface area contributed by atoms with Crippen molar-refractivity contribution in [2.75, 3.05) is 5.32 Å². The van der Waals surface area contributed by atoms with E-state index in [9.17, 15) is 0 Å². The van der Waals surface area contributed by atoms with E-state index < -0.39 is 0 Å². The number of anilines is 1. The highest BCUT2D eigenvalue weighted by atomic mass is 35.5. The molecule has 0 aliphatic heterocycles. The SMILES string of the molecule is Cc1nc(C)c(C(C)Nc2cc(Cl)nnc2Cl)s1. The van der Waals surface area contributed by atoms with Crippen LogP contribution >= 0.6 is 34.5 Å². The molecule has 2 aromatic heterocycles. The van der Waals surface area contributed by atoms with Gasteiger partial charge in [-0.25, -0.2) is 4.98 Å². The quantitative estimate of drug-likeness (QED) is 0.930. The van der Waals surface area contributed by atoms with E-state index in [0.717, 1.165) is 10.7 Å². The van der Waals surface area contributed by atoms with Crippen LogP contribution in [0.25, 0.3) is 0 Å². The second kappa shape index (κ2) is 5.38. The Kier molecular flexibility index (Phi) is 4.04. The highest BCUT2D eigenvalue weighted by molar-refractivity contribution is 7.11. The predicted molar refractivity (Wildman–Crippen MR) is 75.7 cm³/mol. The van der Waals surface area contributed by atoms with Crippen LogP contribution in [0.5, 0.6) is 0 Å². The standard InChI is InChI=1S/C11H12Cl2N4S/c1-5-10(18-7(3)14-5)6(2)15-8-4-9(12)16-17-11(8)13/h4,6H,1-3H3,(H,15,16). The van der Waals surface area contributed by atoms with Crippen LogP contribution in [0.2, 0.25) is 10.3 Å². The number of nitrogens with zero attached hydrogens (tertiary/aromatic N) is 3. The normalized spacial score (nSPS) is 12.5. The van der Waals surface area contributed by atoms with Crippen molar-refractivity contribution in [3.63, 3.8) is 0 Å². The summed E-state index contributed by atoms with van der Waals surface area (Å²) in [5, 5.41) is 12.4. The molecular formula is C11H12Cl2N4S. The van der Waals surface area contributed by atoms with Gasteiger partial charge in [-0.2, -0.15) is 0 Å². The zero-order valence-electron chi connectivity index (χ0n) is 10.2. The molecule has 7 heteroatoms. The first-order valence-corrected chi connectivity index (χ1v) is 6.94. The number of halogens is 2. The fraction of sp³-hybridized carbons (Fsp3) is 0.364. The summed E-state index contributed by atoms with van der Waals surface area (Å²) in [5.74, 6) is 0. The van der Waals surface area contributed by atoms with Crippen molar-refractivity contribution < 1.29 is 0 Å². The van der Waals surface area contributed by atoms with Crippen LogP contribution in [0.15, 0.2) is 6.07 Å². The fourth-order valence-electron chi connectivity index (χ4n) is 1.70. The number of thiazole rings is 1. The van der Waals surface area contributed by atoms with Gasteiger partial charge in [0, 0.05) is 10.9 Å². The number of rotatable bonds is 3. The van der Waals surface area contributed by atoms with Gasteiger partial charge in [0.25, 0.3) is 0 Å². The Morgan fingerprint density at radius 1 is 1.28 bits per heavy atom. The lowest BCUT2D eigenvalue weighted by atomic mass is 10.2. The van der Waals surface area contributed by atoms with Crippen molar-refractivity contribution in [1.82, 2.24) is 15.2 Å². The molecule has 0 aliphatic rings. The van der Waals surface area contributed by atoms with Gasteiger partial charge in [0.2, 0.25) is 0 Å². The van der Waals surface area contributed by atoms with E-state index in [0.29, 0.717) is 16.0 Å². The lowest BCUT2D eigenvalue weighted by molar-refractivity contribution is 0.883. The minimum atomic E-state index is 0.0916. The maximum Gasteiger partial charge on any atom is 0.174 e. The number of aromatic nitrogens is 3. The molecule has 2 heterocycles. The molecule has 0 spiro atoms. The van der Waals surface area contributed by atoms with Gasteiger partial charge >= 0.3 is 0 Å². The van der Waals surface area contributed by atoms with Crippen LogP contribution in [0.3, 0.4) is 0 Å². The van der Waals surface area contributed by atoms with Crippen molar-refractivity contribution in [1.29, 1.82) is 0 Å². The third kappa shape index (κ3) is 2.91. The highest BCUT2D eigenvalue weighted by Gasteiger charge is 2.14. The van der Waals surface area contributed by atoms with Crippen LogP contribution in [0.4, 0.5) is 5.69 Å². The molecule has 0 bridgehead atoms. The molecule has 1 unspecified atom stereocenters. The first kappa shape index (κ1) is 13.5. The Labute approximate surface area is 119 Å². The molecule has 0 amide bonds. The summed E-state index contributed by atoms with van der Waals surface area (Å²) in [4.78, 5) is 5.58. The molecule has 0 saturated heterocycles. The first-order valence-electron chi connectivity index (χ1n) is 5.36. The zero-order chi connectivity index (χ0) is 13.3. The molecule has 0 saturated carbocycles. The van der Waals surface area contributed by atoms with E-state index in [1.54, 1.807) is 17.4 Å². The molecule has 0 aliphatic carbocycles. The Hall–Kier alpha value is -0.910. The summed E-state index contributed by atoms with van der Waals surface area (Å²) in [6.45, 7) is 6.03. The predicted octanol–water partition coefficient (Wildman–Crippen LogP) is 4.03. The molecule has 18 heavy (non-hydrogen) atoms. The maximum absolute atomic E-state index is 5.97. The van der Waals surface area contributed by atoms with Crippen LogP contribution in [0, 0.1) is 13.8 Å². The Morgan fingerprint density at radius 2 is 2.00 bits per heavy atom. The highest BCUT2D eigenvalue weighted by Crippen LogP contribution is 2.30. The zero-order valence-corrected chi connectivity index (χ0v) is 12.5. The Balaban J connectivity index is 2.23. The summed E-state index contributed by atoms with van der Waals surface area (Å²) in [5.41, 5.74) is 1.70. The number of hydrogen-bond acceptors (Lipinski definition) is 5. The van der Waals surface area contributed by atoms with Gasteiger partial charge in [0.1, 0.15) is 0 Å². The lowest BCUT2D eigenvalue weighted by Crippen LogP contribution is -2.07. The van der Waals surface area contributed by atoms with E-state index in [1.807, 2.05) is 20.8 Å². The molecule has 2 rings (SSSR count). The van der Waals surface area contributed by atoms with Gasteiger partial charge in [0.05, 0.1) is 22.4 Å². The Bertz CT molecular complexity index is 570. The molecule has 0 aromatic carbocycles. The second-order valence-corrected chi connectivity index (χ2v) is 5.90. The summed E-state index contributed by atoms with van der Waals surface area (Å²) < 4.78 is 0. The summed E-state index contributed by atoms with van der Waals surface area (Å²) >= 11 is 13.4. The Morgan fingerprint density at radius 3 is 2.61 bits per heavy atom. The van der Waals surface area contributed by atoms with Crippen molar-refractivity contribution in [2.45, 2.75) is 26.8 Å². The monoisotopic (exact) mass is 302 g/mol. The molecule has 0 fully saturated rings. The van der Waals surface area contributed by atoms with Crippen molar-refractivity contribution in [3.05, 3.63) is 32.0 Å². The van der Waals surface area contributed by atoms with E-state index in [1.165, 1.54) is 4.88 Å². The van der Waals surface area contributed by atoms with Crippen LogP contribution in [-0.2, 0) is 0 Å². The first-order chi connectivity index (χ1) is 8.47. The fourth-order valence-corrected chi connectivity index (χ4v) is 2.93. The van der Waals surface area contributed by atoms with E-state index in [4.69, 9.17) is 23.2 Å². The van der Waals surface area contributed by atoms with Crippen LogP contribution in [-0.4, -0.2) is 15.2 Å². The maximum atomic E-state index is 5.97. The smallest absolute Gasteiger partial charge is 0.174 e. The topological polar surface area (TPSA) is 50.7 Å². The number of hydrogen-bond donors (Lipinski definition) is 1. The molecule has 0 radical (unpaired) electrons. The van der Waals surface area contributed by atoms with E-state index in [-0.39, 0.29) is 6.04 Å². The van der Waals surface area contributed by atoms with Crippen molar-refractivity contribution in [3.8, 4) is 0 Å². The second-order valence-electron chi connectivity index (χ2n) is 3.92.